The average Bonchev–Trinajstić information content (AvgIpc) is 2.81. The first-order chi connectivity index (χ1) is 18.5. The Kier molecular flexibility index (Phi) is 15.4. The van der Waals surface area contributed by atoms with Crippen molar-refractivity contribution in [2.24, 2.45) is 0 Å². The number of hydrogen-bond acceptors (Lipinski definition) is 1. The highest BCUT2D eigenvalue weighted by molar-refractivity contribution is 5.85. The van der Waals surface area contributed by atoms with Gasteiger partial charge in [0.1, 0.15) is 0 Å². The van der Waals surface area contributed by atoms with Crippen molar-refractivity contribution in [1.82, 2.24) is 5.32 Å². The van der Waals surface area contributed by atoms with Gasteiger partial charge in [-0.3, -0.25) is 0 Å². The summed E-state index contributed by atoms with van der Waals surface area (Å²) in [5.41, 5.74) is -1.72. The molecule has 0 atom stereocenters. The number of alkyl halides is 18. The van der Waals surface area contributed by atoms with Crippen LogP contribution in [0.25, 0.3) is 0 Å². The van der Waals surface area contributed by atoms with Gasteiger partial charge in [0.2, 0.25) is 0 Å². The summed E-state index contributed by atoms with van der Waals surface area (Å²) in [5, 5.41) is 2.44. The molecule has 0 aromatic carbocycles. The van der Waals surface area contributed by atoms with Crippen LogP contribution in [0.15, 0.2) is 0 Å². The van der Waals surface area contributed by atoms with Gasteiger partial charge >= 0.3 is 47.9 Å². The highest BCUT2D eigenvalue weighted by atomic mass is 35.5. The van der Waals surface area contributed by atoms with Crippen LogP contribution in [0.4, 0.5) is 79.0 Å². The Morgan fingerprint density at radius 3 is 0.977 bits per heavy atom. The molecule has 1 N–H and O–H groups in total. The molecule has 0 aromatic rings. The highest BCUT2D eigenvalue weighted by Gasteiger charge is 2.82. The van der Waals surface area contributed by atoms with Crippen LogP contribution >= 0.6 is 12.4 Å². The van der Waals surface area contributed by atoms with Crippen LogP contribution in [0, 0.1) is 0 Å². The molecule has 0 fully saturated rings. The van der Waals surface area contributed by atoms with Crippen molar-refractivity contribution in [2.45, 2.75) is 137 Å². The molecule has 0 saturated carbocycles. The monoisotopic (exact) mass is 699 g/mol. The van der Waals surface area contributed by atoms with Gasteiger partial charge in [0.15, 0.2) is 0 Å². The summed E-state index contributed by atoms with van der Waals surface area (Å²) in [6.07, 6.45) is -20.4. The third-order valence-corrected chi connectivity index (χ3v) is 7.00. The predicted octanol–water partition coefficient (Wildman–Crippen LogP) is 11.0. The predicted molar refractivity (Wildman–Crippen MR) is 122 cm³/mol. The Bertz CT molecular complexity index is 766. The smallest absolute Gasteiger partial charge is 0.314 e. The molecule has 0 bridgehead atoms. The second-order valence-electron chi connectivity index (χ2n) is 10.1. The van der Waals surface area contributed by atoms with Gasteiger partial charge in [0.25, 0.3) is 0 Å². The van der Waals surface area contributed by atoms with E-state index in [1.54, 1.807) is 0 Å². The molecule has 262 valence electrons. The minimum Gasteiger partial charge on any atom is -0.314 e. The van der Waals surface area contributed by atoms with Gasteiger partial charge in [0, 0.05) is 18.4 Å². The van der Waals surface area contributed by atoms with Crippen molar-refractivity contribution in [3.63, 3.8) is 0 Å². The standard InChI is InChI=1S/C23H31F18N.ClH/c1-3-4-5-6-7-10-15(42-2,11-8-13-16(24,25)18(28,29)20(32,33)22(36,37)38)12-9-14-17(26,27)19(30,31)21(34,35)23(39,40)41;/h42H,3-14H2,1-2H3;1H. The fourth-order valence-corrected chi connectivity index (χ4v) is 4.24. The Labute approximate surface area is 241 Å². The molecule has 0 aliphatic carbocycles. The van der Waals surface area contributed by atoms with E-state index in [-0.39, 0.29) is 25.2 Å². The molecule has 0 heterocycles. The summed E-state index contributed by atoms with van der Waals surface area (Å²) in [5.74, 6) is -40.0. The average molecular weight is 700 g/mol. The molecular formula is C23H32ClF18N. The maximum atomic E-state index is 13.9. The molecule has 1 nitrogen and oxygen atoms in total. The van der Waals surface area contributed by atoms with Crippen molar-refractivity contribution in [1.29, 1.82) is 0 Å². The zero-order chi connectivity index (χ0) is 33.7. The Balaban J connectivity index is 0. The van der Waals surface area contributed by atoms with E-state index in [4.69, 9.17) is 0 Å². The van der Waals surface area contributed by atoms with Crippen LogP contribution in [0.1, 0.15) is 84.0 Å². The Morgan fingerprint density at radius 2 is 0.698 bits per heavy atom. The molecule has 0 aliphatic heterocycles. The zero-order valence-corrected chi connectivity index (χ0v) is 23.5. The van der Waals surface area contributed by atoms with Gasteiger partial charge in [-0.25, -0.2) is 0 Å². The first-order valence-electron chi connectivity index (χ1n) is 12.6. The maximum absolute atomic E-state index is 13.9. The molecule has 0 aromatic heterocycles. The van der Waals surface area contributed by atoms with Crippen LogP contribution < -0.4 is 5.32 Å². The first kappa shape index (κ1) is 44.1. The van der Waals surface area contributed by atoms with Crippen molar-refractivity contribution < 1.29 is 79.0 Å². The number of unbranched alkanes of at least 4 members (excludes halogenated alkanes) is 4. The van der Waals surface area contributed by atoms with E-state index in [1.165, 1.54) is 0 Å². The van der Waals surface area contributed by atoms with Gasteiger partial charge in [-0.05, 0) is 39.2 Å². The van der Waals surface area contributed by atoms with Crippen LogP contribution in [0.3, 0.4) is 0 Å². The van der Waals surface area contributed by atoms with Crippen LogP contribution in [0.2, 0.25) is 0 Å². The number of nitrogens with one attached hydrogen (secondary N) is 1. The minimum absolute atomic E-state index is 0. The summed E-state index contributed by atoms with van der Waals surface area (Å²) in [4.78, 5) is 0. The van der Waals surface area contributed by atoms with Gasteiger partial charge < -0.3 is 5.32 Å². The summed E-state index contributed by atoms with van der Waals surface area (Å²) in [6.45, 7) is 1.81. The lowest BCUT2D eigenvalue weighted by Gasteiger charge is -2.37. The lowest BCUT2D eigenvalue weighted by molar-refractivity contribution is -0.397. The number of rotatable bonds is 19. The normalized spacial score (nSPS) is 15.1. The lowest BCUT2D eigenvalue weighted by Crippen LogP contribution is -2.61. The second-order valence-corrected chi connectivity index (χ2v) is 10.1. The largest absolute Gasteiger partial charge is 0.460 e. The quantitative estimate of drug-likeness (QED) is 0.105. The molecule has 0 aliphatic rings. The second kappa shape index (κ2) is 15.1. The van der Waals surface area contributed by atoms with Crippen LogP contribution in [0.5, 0.6) is 0 Å². The van der Waals surface area contributed by atoms with E-state index in [0.29, 0.717) is 19.3 Å². The Hall–Kier alpha value is -1.01. The van der Waals surface area contributed by atoms with Gasteiger partial charge in [-0.15, -0.1) is 12.4 Å². The highest BCUT2D eigenvalue weighted by Crippen LogP contribution is 2.56. The van der Waals surface area contributed by atoms with E-state index in [9.17, 15) is 79.0 Å². The van der Waals surface area contributed by atoms with Crippen LogP contribution in [-0.2, 0) is 0 Å². The van der Waals surface area contributed by atoms with Gasteiger partial charge in [-0.2, -0.15) is 79.0 Å². The van der Waals surface area contributed by atoms with E-state index in [2.05, 4.69) is 5.32 Å². The first-order valence-corrected chi connectivity index (χ1v) is 12.6. The SMILES string of the molecule is CCCCCCCC(CCCC(F)(F)C(F)(F)C(F)(F)C(F)(F)F)(CCCC(F)(F)C(F)(F)C(F)(F)C(F)(F)F)NC.Cl. The van der Waals surface area contributed by atoms with Crippen molar-refractivity contribution in [2.75, 3.05) is 7.05 Å². The van der Waals surface area contributed by atoms with Crippen molar-refractivity contribution >= 4 is 12.4 Å². The van der Waals surface area contributed by atoms with Gasteiger partial charge in [-0.1, -0.05) is 39.0 Å². The fraction of sp³-hybridized carbons (Fsp3) is 1.00. The van der Waals surface area contributed by atoms with Crippen molar-refractivity contribution in [3.8, 4) is 0 Å². The summed E-state index contributed by atoms with van der Waals surface area (Å²) in [6, 6.07) is 0. The van der Waals surface area contributed by atoms with Crippen molar-refractivity contribution in [3.05, 3.63) is 0 Å². The number of halogens is 19. The van der Waals surface area contributed by atoms with E-state index in [1.807, 2.05) is 6.92 Å². The zero-order valence-electron chi connectivity index (χ0n) is 22.7. The fourth-order valence-electron chi connectivity index (χ4n) is 4.24. The molecule has 0 unspecified atom stereocenters. The summed E-state index contributed by atoms with van der Waals surface area (Å²) >= 11 is 0. The molecule has 0 radical (unpaired) electrons. The molecule has 0 spiro atoms. The van der Waals surface area contributed by atoms with Gasteiger partial charge in [0.05, 0.1) is 0 Å². The third kappa shape index (κ3) is 9.74. The molecule has 0 rings (SSSR count). The molecule has 43 heavy (non-hydrogen) atoms. The van der Waals surface area contributed by atoms with E-state index < -0.39 is 92.0 Å². The molecular weight excluding hydrogens is 668 g/mol. The molecule has 20 heteroatoms. The topological polar surface area (TPSA) is 12.0 Å². The maximum Gasteiger partial charge on any atom is 0.460 e. The Morgan fingerprint density at radius 1 is 0.395 bits per heavy atom. The van der Waals surface area contributed by atoms with Crippen LogP contribution in [-0.4, -0.2) is 60.5 Å². The van der Waals surface area contributed by atoms with E-state index in [0.717, 1.165) is 13.5 Å². The molecule has 0 saturated heterocycles. The number of hydrogen-bond donors (Lipinski definition) is 1. The summed E-state index contributed by atoms with van der Waals surface area (Å²) in [7, 11) is 1.06. The lowest BCUT2D eigenvalue weighted by atomic mass is 9.81. The molecule has 0 amide bonds. The third-order valence-electron chi connectivity index (χ3n) is 7.00. The van der Waals surface area contributed by atoms with E-state index >= 15 is 0 Å². The summed E-state index contributed by atoms with van der Waals surface area (Å²) < 4.78 is 236. The minimum atomic E-state index is -7.14.